The minimum atomic E-state index is -4.47. The topological polar surface area (TPSA) is 160 Å². The number of carboxylic acids is 1. The van der Waals surface area contributed by atoms with E-state index >= 15 is 0 Å². The van der Waals surface area contributed by atoms with E-state index in [1.54, 1.807) is 0 Å². The zero-order valence-electron chi connectivity index (χ0n) is 8.22. The average Bonchev–Trinajstić information content (AvgIpc) is 2.22. The van der Waals surface area contributed by atoms with E-state index in [0.29, 0.717) is 0 Å². The summed E-state index contributed by atoms with van der Waals surface area (Å²) in [5.41, 5.74) is 5.00. The molecule has 0 saturated heterocycles. The Morgan fingerprint density at radius 1 is 1.38 bits per heavy atom. The second-order valence-corrected chi connectivity index (χ2v) is 4.29. The van der Waals surface area contributed by atoms with Crippen LogP contribution in [-0.2, 0) is 18.4 Å². The number of carboxylic acid groups (broad SMARTS) is 1. The number of aliphatic carboxylic acids is 1. The fourth-order valence-corrected chi connectivity index (χ4v) is 1.30. The molecule has 0 bridgehead atoms. The maximum Gasteiger partial charge on any atom is 0.472 e. The summed E-state index contributed by atoms with van der Waals surface area (Å²) in [5.74, 6) is -1.39. The lowest BCUT2D eigenvalue weighted by atomic mass is 10.3. The van der Waals surface area contributed by atoms with E-state index in [2.05, 4.69) is 9.05 Å². The molecule has 0 aliphatic carbocycles. The molecule has 0 aromatic heterocycles. The van der Waals surface area contributed by atoms with Gasteiger partial charge in [0.1, 0.15) is 12.1 Å². The molecule has 0 aromatic carbocycles. The summed E-state index contributed by atoms with van der Waals surface area (Å²) >= 11 is 0. The van der Waals surface area contributed by atoms with Crippen LogP contribution in [-0.4, -0.2) is 58.1 Å². The molecule has 0 rings (SSSR count). The SMILES string of the molecule is N[C@@H](COP(=O)(O)OC[C@@H](O)CO)C(=O)O. The van der Waals surface area contributed by atoms with Crippen molar-refractivity contribution in [2.24, 2.45) is 5.73 Å². The highest BCUT2D eigenvalue weighted by Crippen LogP contribution is 2.43. The summed E-state index contributed by atoms with van der Waals surface area (Å²) in [6.07, 6.45) is -1.32. The van der Waals surface area contributed by atoms with Crippen LogP contribution in [0, 0.1) is 0 Å². The van der Waals surface area contributed by atoms with E-state index in [1.165, 1.54) is 0 Å². The predicted octanol–water partition coefficient (Wildman–Crippen LogP) is -2.11. The predicted molar refractivity (Wildman–Crippen MR) is 50.4 cm³/mol. The number of phosphoric ester groups is 1. The minimum Gasteiger partial charge on any atom is -0.480 e. The molecule has 1 unspecified atom stereocenters. The number of phosphoric acid groups is 1. The van der Waals surface area contributed by atoms with Crippen molar-refractivity contribution in [3.63, 3.8) is 0 Å². The summed E-state index contributed by atoms with van der Waals surface area (Å²) in [6.45, 7) is -1.97. The minimum absolute atomic E-state index is 0.618. The van der Waals surface area contributed by atoms with Crippen LogP contribution in [0.25, 0.3) is 0 Å². The zero-order chi connectivity index (χ0) is 12.8. The number of hydrogen-bond donors (Lipinski definition) is 5. The summed E-state index contributed by atoms with van der Waals surface area (Å²) in [5, 5.41) is 25.5. The van der Waals surface area contributed by atoms with Gasteiger partial charge in [0.15, 0.2) is 0 Å². The van der Waals surface area contributed by atoms with Crippen LogP contribution in [0.2, 0.25) is 0 Å². The number of aliphatic hydroxyl groups is 2. The molecule has 0 radical (unpaired) electrons. The number of carbonyl (C=O) groups is 1. The molecule has 0 aliphatic rings. The quantitative estimate of drug-likeness (QED) is 0.307. The largest absolute Gasteiger partial charge is 0.480 e. The third-order valence-corrected chi connectivity index (χ3v) is 2.33. The Balaban J connectivity index is 3.96. The molecular formula is C6H14NO8P. The first kappa shape index (κ1) is 15.5. The van der Waals surface area contributed by atoms with Gasteiger partial charge in [-0.2, -0.15) is 0 Å². The van der Waals surface area contributed by atoms with E-state index in [-0.39, 0.29) is 0 Å². The van der Waals surface area contributed by atoms with E-state index in [4.69, 9.17) is 25.9 Å². The molecule has 0 spiro atoms. The van der Waals surface area contributed by atoms with E-state index < -0.39 is 45.8 Å². The van der Waals surface area contributed by atoms with Crippen LogP contribution < -0.4 is 5.73 Å². The number of hydrogen-bond acceptors (Lipinski definition) is 7. The van der Waals surface area contributed by atoms with Gasteiger partial charge in [-0.25, -0.2) is 4.57 Å². The highest BCUT2D eigenvalue weighted by Gasteiger charge is 2.25. The molecule has 3 atom stereocenters. The van der Waals surface area contributed by atoms with Crippen LogP contribution in [0.3, 0.4) is 0 Å². The summed E-state index contributed by atoms with van der Waals surface area (Å²) in [6, 6.07) is -1.45. The van der Waals surface area contributed by atoms with Gasteiger partial charge in [0.2, 0.25) is 0 Å². The van der Waals surface area contributed by atoms with Crippen molar-refractivity contribution in [3.8, 4) is 0 Å². The Kier molecular flexibility index (Phi) is 6.68. The Labute approximate surface area is 91.0 Å². The van der Waals surface area contributed by atoms with Gasteiger partial charge < -0.3 is 25.9 Å². The normalized spacial score (nSPS) is 18.8. The Morgan fingerprint density at radius 2 is 1.88 bits per heavy atom. The first-order valence-corrected chi connectivity index (χ1v) is 5.67. The van der Waals surface area contributed by atoms with Crippen molar-refractivity contribution in [3.05, 3.63) is 0 Å². The van der Waals surface area contributed by atoms with Gasteiger partial charge in [0, 0.05) is 0 Å². The standard InChI is InChI=1S/C6H14NO8P/c7-5(6(10)11)3-15-16(12,13)14-2-4(9)1-8/h4-5,8-9H,1-3,7H2,(H,10,11)(H,12,13)/t4-,5-/m0/s1. The van der Waals surface area contributed by atoms with E-state index in [0.717, 1.165) is 0 Å². The van der Waals surface area contributed by atoms with Crippen LogP contribution in [0.15, 0.2) is 0 Å². The fraction of sp³-hybridized carbons (Fsp3) is 0.833. The Morgan fingerprint density at radius 3 is 2.31 bits per heavy atom. The van der Waals surface area contributed by atoms with Crippen molar-refractivity contribution in [2.75, 3.05) is 19.8 Å². The number of aliphatic hydroxyl groups excluding tert-OH is 2. The van der Waals surface area contributed by atoms with E-state index in [9.17, 15) is 9.36 Å². The molecule has 9 nitrogen and oxygen atoms in total. The molecule has 16 heavy (non-hydrogen) atoms. The van der Waals surface area contributed by atoms with Gasteiger partial charge in [-0.1, -0.05) is 0 Å². The molecule has 0 saturated carbocycles. The maximum atomic E-state index is 11.0. The highest BCUT2D eigenvalue weighted by molar-refractivity contribution is 7.47. The van der Waals surface area contributed by atoms with Crippen molar-refractivity contribution in [1.82, 2.24) is 0 Å². The summed E-state index contributed by atoms with van der Waals surface area (Å²) in [7, 11) is -4.47. The Bertz CT molecular complexity index is 271. The van der Waals surface area contributed by atoms with Crippen molar-refractivity contribution in [1.29, 1.82) is 0 Å². The zero-order valence-corrected chi connectivity index (χ0v) is 9.12. The maximum absolute atomic E-state index is 11.0. The second kappa shape index (κ2) is 6.92. The van der Waals surface area contributed by atoms with Gasteiger partial charge in [0.25, 0.3) is 0 Å². The van der Waals surface area contributed by atoms with Gasteiger partial charge in [0.05, 0.1) is 19.8 Å². The van der Waals surface area contributed by atoms with Gasteiger partial charge in [-0.05, 0) is 0 Å². The lowest BCUT2D eigenvalue weighted by molar-refractivity contribution is -0.139. The highest BCUT2D eigenvalue weighted by atomic mass is 31.2. The molecular weight excluding hydrogens is 245 g/mol. The van der Waals surface area contributed by atoms with E-state index in [1.807, 2.05) is 0 Å². The first-order valence-electron chi connectivity index (χ1n) is 4.17. The third-order valence-electron chi connectivity index (χ3n) is 1.38. The van der Waals surface area contributed by atoms with Crippen molar-refractivity contribution >= 4 is 13.8 Å². The van der Waals surface area contributed by atoms with Crippen LogP contribution in [0.1, 0.15) is 0 Å². The van der Waals surface area contributed by atoms with Crippen molar-refractivity contribution < 1.29 is 38.6 Å². The molecule has 96 valence electrons. The van der Waals surface area contributed by atoms with Gasteiger partial charge >= 0.3 is 13.8 Å². The number of nitrogens with two attached hydrogens (primary N) is 1. The lowest BCUT2D eigenvalue weighted by Crippen LogP contribution is -2.34. The lowest BCUT2D eigenvalue weighted by Gasteiger charge is -2.15. The molecule has 0 amide bonds. The molecule has 0 aliphatic heterocycles. The van der Waals surface area contributed by atoms with Crippen LogP contribution in [0.5, 0.6) is 0 Å². The molecule has 6 N–H and O–H groups in total. The fourth-order valence-electron chi connectivity index (χ4n) is 0.516. The molecule has 0 fully saturated rings. The van der Waals surface area contributed by atoms with Crippen molar-refractivity contribution in [2.45, 2.75) is 12.1 Å². The molecule has 0 aromatic rings. The first-order chi connectivity index (χ1) is 7.28. The third kappa shape index (κ3) is 6.85. The number of rotatable bonds is 8. The molecule has 0 heterocycles. The van der Waals surface area contributed by atoms with Gasteiger partial charge in [-0.3, -0.25) is 13.8 Å². The van der Waals surface area contributed by atoms with Gasteiger partial charge in [-0.15, -0.1) is 0 Å². The van der Waals surface area contributed by atoms with Crippen LogP contribution >= 0.6 is 7.82 Å². The summed E-state index contributed by atoms with van der Waals surface area (Å²) in [4.78, 5) is 19.2. The smallest absolute Gasteiger partial charge is 0.472 e. The second-order valence-electron chi connectivity index (χ2n) is 2.84. The molecule has 10 heteroatoms. The van der Waals surface area contributed by atoms with Crippen LogP contribution in [0.4, 0.5) is 0 Å². The Hall–Kier alpha value is -0.540. The summed E-state index contributed by atoms with van der Waals surface area (Å²) < 4.78 is 19.5. The monoisotopic (exact) mass is 259 g/mol. The average molecular weight is 259 g/mol.